The topological polar surface area (TPSA) is 35.9 Å². The van der Waals surface area contributed by atoms with Crippen molar-refractivity contribution in [2.24, 2.45) is 0 Å². The van der Waals surface area contributed by atoms with Gasteiger partial charge < -0.3 is 5.32 Å². The van der Waals surface area contributed by atoms with Crippen LogP contribution in [0.5, 0.6) is 0 Å². The van der Waals surface area contributed by atoms with Gasteiger partial charge in [0.2, 0.25) is 0 Å². The minimum atomic E-state index is 0.561. The molecule has 3 heteroatoms. The summed E-state index contributed by atoms with van der Waals surface area (Å²) in [6.45, 7) is 0. The smallest absolute Gasteiger partial charge is 0.0933 e. The van der Waals surface area contributed by atoms with E-state index in [-0.39, 0.29) is 0 Å². The highest BCUT2D eigenvalue weighted by molar-refractivity contribution is 7.80. The third-order valence-electron chi connectivity index (χ3n) is 3.32. The van der Waals surface area contributed by atoms with Gasteiger partial charge in [0, 0.05) is 12.5 Å². The molecule has 1 saturated carbocycles. The van der Waals surface area contributed by atoms with E-state index in [1.54, 1.807) is 0 Å². The van der Waals surface area contributed by atoms with Gasteiger partial charge in [-0.25, -0.2) is 0 Å². The van der Waals surface area contributed by atoms with Gasteiger partial charge in [-0.3, -0.25) is 5.41 Å². The van der Waals surface area contributed by atoms with Gasteiger partial charge in [0.1, 0.15) is 0 Å². The number of amidine groups is 1. The minimum absolute atomic E-state index is 0.561. The van der Waals surface area contributed by atoms with E-state index in [0.717, 1.165) is 24.4 Å². The van der Waals surface area contributed by atoms with E-state index >= 15 is 0 Å². The summed E-state index contributed by atoms with van der Waals surface area (Å²) in [5, 5.41) is 11.3. The summed E-state index contributed by atoms with van der Waals surface area (Å²) in [5.74, 6) is 1.60. The normalized spacial score (nSPS) is 19.6. The Bertz CT molecular complexity index is 184. The Kier molecular flexibility index (Phi) is 7.73. The third-order valence-corrected chi connectivity index (χ3v) is 3.63. The van der Waals surface area contributed by atoms with Gasteiger partial charge in [-0.05, 0) is 25.0 Å². The lowest BCUT2D eigenvalue weighted by molar-refractivity contribution is 0.489. The number of rotatable bonds is 4. The Balaban J connectivity index is 2.23. The van der Waals surface area contributed by atoms with Gasteiger partial charge in [0.05, 0.1) is 5.84 Å². The quantitative estimate of drug-likeness (QED) is 0.392. The molecule has 0 unspecified atom stereocenters. The zero-order valence-corrected chi connectivity index (χ0v) is 11.2. The standard InChI is InChI=1S/C13H26N2S/c14-13(10-7-11-16)15-12-8-5-3-1-2-4-6-9-12/h12,16H,1-11H2,(H2,14,15). The second-order valence-corrected chi connectivity index (χ2v) is 5.29. The van der Waals surface area contributed by atoms with Crippen LogP contribution in [0.15, 0.2) is 0 Å². The van der Waals surface area contributed by atoms with Gasteiger partial charge >= 0.3 is 0 Å². The molecule has 0 aromatic heterocycles. The number of hydrogen-bond donors (Lipinski definition) is 3. The maximum atomic E-state index is 7.86. The van der Waals surface area contributed by atoms with Crippen molar-refractivity contribution in [3.63, 3.8) is 0 Å². The summed E-state index contributed by atoms with van der Waals surface area (Å²) in [6, 6.07) is 0.561. The first-order valence-corrected chi connectivity index (χ1v) is 7.41. The Hall–Kier alpha value is -0.180. The third kappa shape index (κ3) is 6.41. The van der Waals surface area contributed by atoms with Crippen LogP contribution in [0.25, 0.3) is 0 Å². The lowest BCUT2D eigenvalue weighted by Gasteiger charge is -2.19. The summed E-state index contributed by atoms with van der Waals surface area (Å²) < 4.78 is 0. The van der Waals surface area contributed by atoms with Crippen molar-refractivity contribution in [1.29, 1.82) is 5.41 Å². The molecule has 16 heavy (non-hydrogen) atoms. The SMILES string of the molecule is N=C(CCCS)NC1CCCCCCCC1. The molecule has 0 aromatic rings. The van der Waals surface area contributed by atoms with E-state index in [2.05, 4.69) is 17.9 Å². The monoisotopic (exact) mass is 242 g/mol. The molecule has 2 nitrogen and oxygen atoms in total. The van der Waals surface area contributed by atoms with E-state index in [4.69, 9.17) is 5.41 Å². The highest BCUT2D eigenvalue weighted by Crippen LogP contribution is 2.17. The highest BCUT2D eigenvalue weighted by Gasteiger charge is 2.11. The van der Waals surface area contributed by atoms with Crippen molar-refractivity contribution < 1.29 is 0 Å². The molecule has 1 aliphatic carbocycles. The Morgan fingerprint density at radius 3 is 2.19 bits per heavy atom. The van der Waals surface area contributed by atoms with Crippen LogP contribution in [0.3, 0.4) is 0 Å². The van der Waals surface area contributed by atoms with Crippen LogP contribution in [0, 0.1) is 5.41 Å². The molecule has 2 N–H and O–H groups in total. The average molecular weight is 242 g/mol. The predicted octanol–water partition coefficient (Wildman–Crippen LogP) is 3.77. The van der Waals surface area contributed by atoms with Crippen molar-refractivity contribution in [1.82, 2.24) is 5.32 Å². The summed E-state index contributed by atoms with van der Waals surface area (Å²) in [7, 11) is 0. The molecule has 0 heterocycles. The number of nitrogens with one attached hydrogen (secondary N) is 2. The molecular formula is C13H26N2S. The first-order valence-electron chi connectivity index (χ1n) is 6.77. The lowest BCUT2D eigenvalue weighted by atomic mass is 10.0. The fraction of sp³-hybridized carbons (Fsp3) is 0.923. The van der Waals surface area contributed by atoms with Crippen LogP contribution < -0.4 is 5.32 Å². The van der Waals surface area contributed by atoms with Gasteiger partial charge in [0.15, 0.2) is 0 Å². The zero-order valence-electron chi connectivity index (χ0n) is 10.3. The van der Waals surface area contributed by atoms with Crippen LogP contribution in [-0.2, 0) is 0 Å². The molecule has 0 atom stereocenters. The maximum Gasteiger partial charge on any atom is 0.0933 e. The summed E-state index contributed by atoms with van der Waals surface area (Å²) in [5.41, 5.74) is 0. The zero-order chi connectivity index (χ0) is 11.6. The summed E-state index contributed by atoms with van der Waals surface area (Å²) in [6.07, 6.45) is 12.6. The molecule has 0 amide bonds. The van der Waals surface area contributed by atoms with Gasteiger partial charge in [0.25, 0.3) is 0 Å². The van der Waals surface area contributed by atoms with Crippen LogP contribution in [0.1, 0.15) is 64.2 Å². The molecule has 0 aliphatic heterocycles. The lowest BCUT2D eigenvalue weighted by Crippen LogP contribution is -2.34. The largest absolute Gasteiger partial charge is 0.371 e. The van der Waals surface area contributed by atoms with Crippen LogP contribution >= 0.6 is 12.6 Å². The van der Waals surface area contributed by atoms with Crippen molar-refractivity contribution in [2.75, 3.05) is 5.75 Å². The molecule has 1 aliphatic rings. The number of hydrogen-bond acceptors (Lipinski definition) is 2. The van der Waals surface area contributed by atoms with Crippen molar-refractivity contribution in [2.45, 2.75) is 70.3 Å². The Labute approximate surface area is 106 Å². The maximum absolute atomic E-state index is 7.86. The molecule has 0 spiro atoms. The molecule has 94 valence electrons. The second-order valence-electron chi connectivity index (χ2n) is 4.85. The molecule has 0 bridgehead atoms. The van der Waals surface area contributed by atoms with E-state index in [9.17, 15) is 0 Å². The fourth-order valence-electron chi connectivity index (χ4n) is 2.35. The molecule has 0 aromatic carbocycles. The van der Waals surface area contributed by atoms with Crippen LogP contribution in [-0.4, -0.2) is 17.6 Å². The van der Waals surface area contributed by atoms with Crippen LogP contribution in [0.4, 0.5) is 0 Å². The van der Waals surface area contributed by atoms with Gasteiger partial charge in [-0.1, -0.05) is 38.5 Å². The van der Waals surface area contributed by atoms with Gasteiger partial charge in [-0.15, -0.1) is 0 Å². The first-order chi connectivity index (χ1) is 7.83. The average Bonchev–Trinajstić information content (AvgIpc) is 2.40. The Morgan fingerprint density at radius 2 is 1.62 bits per heavy atom. The van der Waals surface area contributed by atoms with E-state index in [1.165, 1.54) is 51.4 Å². The molecule has 1 fully saturated rings. The molecule has 0 saturated heterocycles. The number of thiol groups is 1. The summed E-state index contributed by atoms with van der Waals surface area (Å²) in [4.78, 5) is 0. The van der Waals surface area contributed by atoms with Crippen LogP contribution in [0.2, 0.25) is 0 Å². The van der Waals surface area contributed by atoms with Crippen molar-refractivity contribution in [3.8, 4) is 0 Å². The minimum Gasteiger partial charge on any atom is -0.371 e. The molecule has 1 rings (SSSR count). The Morgan fingerprint density at radius 1 is 1.06 bits per heavy atom. The van der Waals surface area contributed by atoms with Gasteiger partial charge in [-0.2, -0.15) is 12.6 Å². The predicted molar refractivity (Wildman–Crippen MR) is 74.7 cm³/mol. The van der Waals surface area contributed by atoms with Crippen molar-refractivity contribution >= 4 is 18.5 Å². The summed E-state index contributed by atoms with van der Waals surface area (Å²) >= 11 is 4.18. The van der Waals surface area contributed by atoms with E-state index < -0.39 is 0 Å². The molecular weight excluding hydrogens is 216 g/mol. The van der Waals surface area contributed by atoms with Crippen molar-refractivity contribution in [3.05, 3.63) is 0 Å². The van der Waals surface area contributed by atoms with E-state index in [0.29, 0.717) is 6.04 Å². The fourth-order valence-corrected chi connectivity index (χ4v) is 2.51. The first kappa shape index (κ1) is 13.9. The molecule has 0 radical (unpaired) electrons. The van der Waals surface area contributed by atoms with E-state index in [1.807, 2.05) is 0 Å². The second kappa shape index (κ2) is 8.91. The highest BCUT2D eigenvalue weighted by atomic mass is 32.1.